The first-order valence-electron chi connectivity index (χ1n) is 7.86. The first-order chi connectivity index (χ1) is 12.0. The maximum Gasteiger partial charge on any atom is 0.257 e. The van der Waals surface area contributed by atoms with Crippen LogP contribution >= 0.6 is 0 Å². The van der Waals surface area contributed by atoms with Crippen molar-refractivity contribution in [2.75, 3.05) is 33.3 Å². The van der Waals surface area contributed by atoms with E-state index in [1.54, 1.807) is 35.2 Å². The molecule has 3 rings (SSSR count). The van der Waals surface area contributed by atoms with Crippen molar-refractivity contribution in [1.82, 2.24) is 14.2 Å². The number of ether oxygens (including phenoxy) is 1. The standard InChI is InChI=1S/C17H19N3O4S/c1-24-16-7-3-2-6-15(16)17(21)19-9-11-20(12-10-19)25(22,23)14-5-4-8-18-13-14/h2-8,13H,9-12H2,1H3. The van der Waals surface area contributed by atoms with Gasteiger partial charge in [-0.3, -0.25) is 9.78 Å². The maximum atomic E-state index is 12.7. The van der Waals surface area contributed by atoms with E-state index in [0.29, 0.717) is 24.4 Å². The van der Waals surface area contributed by atoms with Crippen LogP contribution in [0, 0.1) is 0 Å². The highest BCUT2D eigenvalue weighted by Crippen LogP contribution is 2.21. The van der Waals surface area contributed by atoms with Gasteiger partial charge >= 0.3 is 0 Å². The van der Waals surface area contributed by atoms with Gasteiger partial charge in [-0.05, 0) is 24.3 Å². The Morgan fingerprint density at radius 1 is 1.08 bits per heavy atom. The summed E-state index contributed by atoms with van der Waals surface area (Å²) in [5, 5.41) is 0. The molecule has 2 heterocycles. The molecule has 1 amide bonds. The lowest BCUT2D eigenvalue weighted by molar-refractivity contribution is 0.0694. The van der Waals surface area contributed by atoms with Crippen molar-refractivity contribution in [3.8, 4) is 5.75 Å². The van der Waals surface area contributed by atoms with Crippen molar-refractivity contribution in [3.05, 3.63) is 54.4 Å². The summed E-state index contributed by atoms with van der Waals surface area (Å²) in [4.78, 5) is 18.3. The average Bonchev–Trinajstić information content (AvgIpc) is 2.68. The molecule has 0 unspecified atom stereocenters. The second-order valence-electron chi connectivity index (χ2n) is 5.59. The van der Waals surface area contributed by atoms with Gasteiger partial charge in [0, 0.05) is 38.6 Å². The zero-order valence-corrected chi connectivity index (χ0v) is 14.6. The van der Waals surface area contributed by atoms with E-state index in [2.05, 4.69) is 4.98 Å². The van der Waals surface area contributed by atoms with Crippen molar-refractivity contribution in [2.24, 2.45) is 0 Å². The van der Waals surface area contributed by atoms with Crippen LogP contribution in [0.3, 0.4) is 0 Å². The van der Waals surface area contributed by atoms with E-state index in [1.165, 1.54) is 29.9 Å². The van der Waals surface area contributed by atoms with E-state index in [9.17, 15) is 13.2 Å². The quantitative estimate of drug-likeness (QED) is 0.818. The van der Waals surface area contributed by atoms with Crippen LogP contribution in [0.2, 0.25) is 0 Å². The number of nitrogens with zero attached hydrogens (tertiary/aromatic N) is 3. The van der Waals surface area contributed by atoms with Gasteiger partial charge in [-0.2, -0.15) is 4.31 Å². The molecule has 0 bridgehead atoms. The third kappa shape index (κ3) is 3.49. The Labute approximate surface area is 146 Å². The van der Waals surface area contributed by atoms with Crippen LogP contribution in [0.15, 0.2) is 53.7 Å². The predicted octanol–water partition coefficient (Wildman–Crippen LogP) is 1.24. The molecule has 0 atom stereocenters. The minimum Gasteiger partial charge on any atom is -0.496 e. The maximum absolute atomic E-state index is 12.7. The molecule has 0 radical (unpaired) electrons. The lowest BCUT2D eigenvalue weighted by atomic mass is 10.1. The van der Waals surface area contributed by atoms with Crippen LogP contribution in [0.25, 0.3) is 0 Å². The van der Waals surface area contributed by atoms with Crippen molar-refractivity contribution < 1.29 is 17.9 Å². The molecule has 1 aliphatic heterocycles. The van der Waals surface area contributed by atoms with Gasteiger partial charge in [-0.15, -0.1) is 0 Å². The largest absolute Gasteiger partial charge is 0.496 e. The van der Waals surface area contributed by atoms with E-state index in [0.717, 1.165) is 0 Å². The van der Waals surface area contributed by atoms with Gasteiger partial charge in [0.1, 0.15) is 10.6 Å². The molecule has 8 heteroatoms. The molecule has 25 heavy (non-hydrogen) atoms. The lowest BCUT2D eigenvalue weighted by Gasteiger charge is -2.34. The number of para-hydroxylation sites is 1. The summed E-state index contributed by atoms with van der Waals surface area (Å²) in [6, 6.07) is 10.1. The van der Waals surface area contributed by atoms with Crippen molar-refractivity contribution in [2.45, 2.75) is 4.90 Å². The summed E-state index contributed by atoms with van der Waals surface area (Å²) in [6.07, 6.45) is 2.87. The summed E-state index contributed by atoms with van der Waals surface area (Å²) in [5.41, 5.74) is 0.480. The van der Waals surface area contributed by atoms with Crippen LogP contribution in [0.4, 0.5) is 0 Å². The Hall–Kier alpha value is -2.45. The van der Waals surface area contributed by atoms with E-state index < -0.39 is 10.0 Å². The summed E-state index contributed by atoms with van der Waals surface area (Å²) >= 11 is 0. The minimum atomic E-state index is -3.58. The number of rotatable bonds is 4. The highest BCUT2D eigenvalue weighted by Gasteiger charge is 2.31. The fourth-order valence-electron chi connectivity index (χ4n) is 2.77. The summed E-state index contributed by atoms with van der Waals surface area (Å²) < 4.78 is 31.8. The highest BCUT2D eigenvalue weighted by atomic mass is 32.2. The Bertz CT molecular complexity index is 847. The summed E-state index contributed by atoms with van der Waals surface area (Å²) in [7, 11) is -2.06. The van der Waals surface area contributed by atoms with Gasteiger partial charge in [-0.25, -0.2) is 8.42 Å². The van der Waals surface area contributed by atoms with Crippen LogP contribution in [0.1, 0.15) is 10.4 Å². The molecule has 1 fully saturated rings. The Balaban J connectivity index is 1.71. The molecule has 1 aliphatic rings. The molecule has 0 aliphatic carbocycles. The number of aromatic nitrogens is 1. The monoisotopic (exact) mass is 361 g/mol. The van der Waals surface area contributed by atoms with E-state index in [-0.39, 0.29) is 23.9 Å². The smallest absolute Gasteiger partial charge is 0.257 e. The molecule has 0 saturated carbocycles. The van der Waals surface area contributed by atoms with Crippen LogP contribution < -0.4 is 4.74 Å². The van der Waals surface area contributed by atoms with E-state index >= 15 is 0 Å². The number of carbonyl (C=O) groups excluding carboxylic acids is 1. The fourth-order valence-corrected chi connectivity index (χ4v) is 4.16. The van der Waals surface area contributed by atoms with Crippen LogP contribution in [-0.4, -0.2) is 61.8 Å². The van der Waals surface area contributed by atoms with Crippen LogP contribution in [-0.2, 0) is 10.0 Å². The SMILES string of the molecule is COc1ccccc1C(=O)N1CCN(S(=O)(=O)c2cccnc2)CC1. The number of methoxy groups -OCH3 is 1. The van der Waals surface area contributed by atoms with Crippen molar-refractivity contribution in [3.63, 3.8) is 0 Å². The van der Waals surface area contributed by atoms with Gasteiger partial charge in [0.05, 0.1) is 12.7 Å². The second kappa shape index (κ2) is 7.20. The first-order valence-corrected chi connectivity index (χ1v) is 9.30. The third-order valence-electron chi connectivity index (χ3n) is 4.14. The second-order valence-corrected chi connectivity index (χ2v) is 7.52. The molecule has 1 saturated heterocycles. The van der Waals surface area contributed by atoms with Gasteiger partial charge in [-0.1, -0.05) is 12.1 Å². The third-order valence-corrected chi connectivity index (χ3v) is 6.02. The highest BCUT2D eigenvalue weighted by molar-refractivity contribution is 7.89. The van der Waals surface area contributed by atoms with E-state index in [1.807, 2.05) is 0 Å². The molecule has 1 aromatic carbocycles. The van der Waals surface area contributed by atoms with Gasteiger partial charge < -0.3 is 9.64 Å². The normalized spacial score (nSPS) is 15.8. The number of hydrogen-bond acceptors (Lipinski definition) is 5. The number of amides is 1. The summed E-state index contributed by atoms with van der Waals surface area (Å²) in [5.74, 6) is 0.355. The Morgan fingerprint density at radius 3 is 2.44 bits per heavy atom. The Morgan fingerprint density at radius 2 is 1.80 bits per heavy atom. The predicted molar refractivity (Wildman–Crippen MR) is 91.9 cm³/mol. The van der Waals surface area contributed by atoms with Gasteiger partial charge in [0.15, 0.2) is 0 Å². The van der Waals surface area contributed by atoms with Crippen molar-refractivity contribution >= 4 is 15.9 Å². The van der Waals surface area contributed by atoms with Crippen molar-refractivity contribution in [1.29, 1.82) is 0 Å². The zero-order chi connectivity index (χ0) is 17.9. The molecule has 7 nitrogen and oxygen atoms in total. The number of pyridine rings is 1. The molecule has 1 aromatic heterocycles. The number of carbonyl (C=O) groups is 1. The molecular formula is C17H19N3O4S. The minimum absolute atomic E-state index is 0.157. The number of benzene rings is 1. The number of sulfonamides is 1. The first kappa shape index (κ1) is 17.4. The molecule has 0 spiro atoms. The topological polar surface area (TPSA) is 79.8 Å². The number of piperazine rings is 1. The zero-order valence-electron chi connectivity index (χ0n) is 13.8. The Kier molecular flexibility index (Phi) is 5.00. The summed E-state index contributed by atoms with van der Waals surface area (Å²) in [6.45, 7) is 1.16. The molecular weight excluding hydrogens is 342 g/mol. The molecule has 2 aromatic rings. The van der Waals surface area contributed by atoms with Gasteiger partial charge in [0.25, 0.3) is 5.91 Å². The molecule has 0 N–H and O–H groups in total. The van der Waals surface area contributed by atoms with E-state index in [4.69, 9.17) is 4.74 Å². The lowest BCUT2D eigenvalue weighted by Crippen LogP contribution is -2.50. The van der Waals surface area contributed by atoms with Gasteiger partial charge in [0.2, 0.25) is 10.0 Å². The fraction of sp³-hybridized carbons (Fsp3) is 0.294. The number of hydrogen-bond donors (Lipinski definition) is 0. The average molecular weight is 361 g/mol. The molecule has 132 valence electrons. The van der Waals surface area contributed by atoms with Crippen LogP contribution in [0.5, 0.6) is 5.75 Å².